The quantitative estimate of drug-likeness (QED) is 0.604. The third kappa shape index (κ3) is 6.32. The van der Waals surface area contributed by atoms with Gasteiger partial charge in [0, 0.05) is 32.6 Å². The summed E-state index contributed by atoms with van der Waals surface area (Å²) in [6.45, 7) is 7.16. The van der Waals surface area contributed by atoms with Crippen LogP contribution in [0.1, 0.15) is 38.7 Å². The minimum atomic E-state index is -0.276. The molecule has 2 amide bonds. The van der Waals surface area contributed by atoms with Crippen molar-refractivity contribution in [3.05, 3.63) is 23.8 Å². The van der Waals surface area contributed by atoms with E-state index in [0.29, 0.717) is 63.7 Å². The van der Waals surface area contributed by atoms with Crippen LogP contribution in [-0.4, -0.2) is 68.3 Å². The van der Waals surface area contributed by atoms with Gasteiger partial charge in [0.05, 0.1) is 20.3 Å². The second-order valence-electron chi connectivity index (χ2n) is 6.75. The van der Waals surface area contributed by atoms with E-state index in [4.69, 9.17) is 14.2 Å². The summed E-state index contributed by atoms with van der Waals surface area (Å²) in [4.78, 5) is 28.0. The SMILES string of the molecule is CCCCOC(=O)N1CCN(C(=O)CCc2ccc(OCC)c(OC)c2)CC1. The molecule has 0 radical (unpaired) electrons. The number of aryl methyl sites for hydroxylation is 1. The Morgan fingerprint density at radius 1 is 1.04 bits per heavy atom. The van der Waals surface area contributed by atoms with Crippen LogP contribution >= 0.6 is 0 Å². The Morgan fingerprint density at radius 2 is 1.75 bits per heavy atom. The summed E-state index contributed by atoms with van der Waals surface area (Å²) in [7, 11) is 1.61. The zero-order valence-electron chi connectivity index (χ0n) is 17.2. The van der Waals surface area contributed by atoms with Crippen molar-refractivity contribution in [2.45, 2.75) is 39.5 Å². The van der Waals surface area contributed by atoms with Gasteiger partial charge in [0.1, 0.15) is 0 Å². The predicted octanol–water partition coefficient (Wildman–Crippen LogP) is 3.11. The van der Waals surface area contributed by atoms with Gasteiger partial charge >= 0.3 is 6.09 Å². The second kappa shape index (κ2) is 11.4. The average molecular weight is 392 g/mol. The highest BCUT2D eigenvalue weighted by molar-refractivity contribution is 5.77. The monoisotopic (exact) mass is 392 g/mol. The first-order valence-electron chi connectivity index (χ1n) is 10.1. The molecule has 1 fully saturated rings. The highest BCUT2D eigenvalue weighted by Gasteiger charge is 2.24. The summed E-state index contributed by atoms with van der Waals surface area (Å²) in [5, 5.41) is 0. The lowest BCUT2D eigenvalue weighted by molar-refractivity contribution is -0.132. The maximum absolute atomic E-state index is 12.5. The van der Waals surface area contributed by atoms with Gasteiger partial charge in [-0.3, -0.25) is 4.79 Å². The number of carbonyl (C=O) groups excluding carboxylic acids is 2. The fourth-order valence-electron chi connectivity index (χ4n) is 3.09. The van der Waals surface area contributed by atoms with Crippen molar-refractivity contribution in [3.8, 4) is 11.5 Å². The smallest absolute Gasteiger partial charge is 0.409 e. The van der Waals surface area contributed by atoms with Crippen molar-refractivity contribution < 1.29 is 23.8 Å². The minimum absolute atomic E-state index is 0.104. The van der Waals surface area contributed by atoms with Crippen LogP contribution in [-0.2, 0) is 16.0 Å². The van der Waals surface area contributed by atoms with Gasteiger partial charge in [-0.15, -0.1) is 0 Å². The number of hydrogen-bond donors (Lipinski definition) is 0. The molecule has 1 heterocycles. The van der Waals surface area contributed by atoms with Crippen molar-refractivity contribution in [2.24, 2.45) is 0 Å². The molecule has 1 aliphatic rings. The van der Waals surface area contributed by atoms with E-state index in [0.717, 1.165) is 18.4 Å². The summed E-state index contributed by atoms with van der Waals surface area (Å²) in [5.41, 5.74) is 1.03. The zero-order chi connectivity index (χ0) is 20.4. The molecule has 1 saturated heterocycles. The van der Waals surface area contributed by atoms with Crippen molar-refractivity contribution in [1.29, 1.82) is 0 Å². The topological polar surface area (TPSA) is 68.3 Å². The molecule has 2 rings (SSSR count). The van der Waals surface area contributed by atoms with Gasteiger partial charge < -0.3 is 24.0 Å². The molecule has 7 nitrogen and oxygen atoms in total. The Labute approximate surface area is 167 Å². The average Bonchev–Trinajstić information content (AvgIpc) is 2.73. The Bertz CT molecular complexity index is 642. The number of piperazine rings is 1. The third-order valence-corrected chi connectivity index (χ3v) is 4.77. The van der Waals surface area contributed by atoms with Crippen LogP contribution in [0.4, 0.5) is 4.79 Å². The Hall–Kier alpha value is -2.44. The maximum Gasteiger partial charge on any atom is 0.409 e. The third-order valence-electron chi connectivity index (χ3n) is 4.77. The first-order valence-corrected chi connectivity index (χ1v) is 10.1. The van der Waals surface area contributed by atoms with Gasteiger partial charge in [-0.05, 0) is 37.5 Å². The molecule has 0 saturated carbocycles. The molecule has 0 atom stereocenters. The Kier molecular flexibility index (Phi) is 8.91. The normalized spacial score (nSPS) is 14.0. The highest BCUT2D eigenvalue weighted by atomic mass is 16.6. The number of ether oxygens (including phenoxy) is 3. The summed E-state index contributed by atoms with van der Waals surface area (Å²) in [5.74, 6) is 1.50. The second-order valence-corrected chi connectivity index (χ2v) is 6.75. The van der Waals surface area contributed by atoms with Crippen molar-refractivity contribution >= 4 is 12.0 Å². The van der Waals surface area contributed by atoms with Crippen molar-refractivity contribution in [1.82, 2.24) is 9.80 Å². The standard InChI is InChI=1S/C21H32N2O5/c1-4-6-15-28-21(25)23-13-11-22(12-14-23)20(24)10-8-17-7-9-18(27-5-2)19(16-17)26-3/h7,9,16H,4-6,8,10-15H2,1-3H3. The fraction of sp³-hybridized carbons (Fsp3) is 0.619. The van der Waals surface area contributed by atoms with Crippen LogP contribution < -0.4 is 9.47 Å². The van der Waals surface area contributed by atoms with Gasteiger partial charge in [-0.1, -0.05) is 19.4 Å². The van der Waals surface area contributed by atoms with Crippen LogP contribution in [0, 0.1) is 0 Å². The number of nitrogens with zero attached hydrogens (tertiary/aromatic N) is 2. The lowest BCUT2D eigenvalue weighted by Crippen LogP contribution is -2.50. The number of benzene rings is 1. The van der Waals surface area contributed by atoms with Gasteiger partial charge in [-0.25, -0.2) is 4.79 Å². The number of carbonyl (C=O) groups is 2. The lowest BCUT2D eigenvalue weighted by atomic mass is 10.1. The summed E-state index contributed by atoms with van der Waals surface area (Å²) in [6, 6.07) is 5.76. The molecule has 156 valence electrons. The molecule has 0 aromatic heterocycles. The molecule has 1 aliphatic heterocycles. The van der Waals surface area contributed by atoms with E-state index in [1.165, 1.54) is 0 Å². The van der Waals surface area contributed by atoms with Gasteiger partial charge in [0.15, 0.2) is 11.5 Å². The van der Waals surface area contributed by atoms with E-state index < -0.39 is 0 Å². The van der Waals surface area contributed by atoms with E-state index in [2.05, 4.69) is 6.92 Å². The lowest BCUT2D eigenvalue weighted by Gasteiger charge is -2.34. The molecule has 0 bridgehead atoms. The van der Waals surface area contributed by atoms with E-state index in [1.54, 1.807) is 12.0 Å². The van der Waals surface area contributed by atoms with Crippen LogP contribution in [0.25, 0.3) is 0 Å². The first-order chi connectivity index (χ1) is 13.6. The Balaban J connectivity index is 1.78. The molecule has 28 heavy (non-hydrogen) atoms. The van der Waals surface area contributed by atoms with E-state index in [9.17, 15) is 9.59 Å². The van der Waals surface area contributed by atoms with E-state index >= 15 is 0 Å². The predicted molar refractivity (Wildman–Crippen MR) is 107 cm³/mol. The summed E-state index contributed by atoms with van der Waals surface area (Å²) in [6.07, 6.45) is 2.66. The van der Waals surface area contributed by atoms with Crippen LogP contribution in [0.15, 0.2) is 18.2 Å². The molecular weight excluding hydrogens is 360 g/mol. The van der Waals surface area contributed by atoms with E-state index in [-0.39, 0.29) is 12.0 Å². The Morgan fingerprint density at radius 3 is 2.39 bits per heavy atom. The molecule has 0 N–H and O–H groups in total. The minimum Gasteiger partial charge on any atom is -0.493 e. The van der Waals surface area contributed by atoms with E-state index in [1.807, 2.05) is 30.0 Å². The van der Waals surface area contributed by atoms with Gasteiger partial charge in [0.2, 0.25) is 5.91 Å². The van der Waals surface area contributed by atoms with Crippen molar-refractivity contribution in [3.63, 3.8) is 0 Å². The molecular formula is C21H32N2O5. The van der Waals surface area contributed by atoms with Gasteiger partial charge in [-0.2, -0.15) is 0 Å². The highest BCUT2D eigenvalue weighted by Crippen LogP contribution is 2.28. The molecule has 0 aliphatic carbocycles. The maximum atomic E-state index is 12.5. The van der Waals surface area contributed by atoms with Crippen molar-refractivity contribution in [2.75, 3.05) is 46.5 Å². The van der Waals surface area contributed by atoms with Gasteiger partial charge in [0.25, 0.3) is 0 Å². The molecule has 0 unspecified atom stereocenters. The summed E-state index contributed by atoms with van der Waals surface area (Å²) < 4.78 is 16.1. The molecule has 0 spiro atoms. The molecule has 1 aromatic rings. The van der Waals surface area contributed by atoms with Crippen LogP contribution in [0.5, 0.6) is 11.5 Å². The largest absolute Gasteiger partial charge is 0.493 e. The zero-order valence-corrected chi connectivity index (χ0v) is 17.2. The fourth-order valence-corrected chi connectivity index (χ4v) is 3.09. The first kappa shape index (κ1) is 21.9. The molecule has 1 aromatic carbocycles. The number of rotatable bonds is 9. The van der Waals surface area contributed by atoms with Crippen LogP contribution in [0.2, 0.25) is 0 Å². The number of methoxy groups -OCH3 is 1. The van der Waals surface area contributed by atoms with Crippen LogP contribution in [0.3, 0.4) is 0 Å². The number of unbranched alkanes of at least 4 members (excludes halogenated alkanes) is 1. The molecule has 7 heteroatoms. The number of amides is 2. The summed E-state index contributed by atoms with van der Waals surface area (Å²) >= 11 is 0. The number of hydrogen-bond acceptors (Lipinski definition) is 5.